The second-order valence-corrected chi connectivity index (χ2v) is 8.94. The molecule has 1 aromatic heterocycles. The molecule has 0 unspecified atom stereocenters. The number of halogens is 1. The fraction of sp³-hybridized carbons (Fsp3) is 0.125. The zero-order valence-electron chi connectivity index (χ0n) is 17.1. The molecule has 3 aromatic carbocycles. The lowest BCUT2D eigenvalue weighted by atomic mass is 10.1. The van der Waals surface area contributed by atoms with Gasteiger partial charge in [-0.15, -0.1) is 0 Å². The van der Waals surface area contributed by atoms with Crippen LogP contribution in [-0.2, 0) is 4.79 Å². The van der Waals surface area contributed by atoms with E-state index in [2.05, 4.69) is 26.2 Å². The first-order valence-electron chi connectivity index (χ1n) is 9.70. The van der Waals surface area contributed by atoms with Gasteiger partial charge in [0, 0.05) is 4.47 Å². The van der Waals surface area contributed by atoms with Crippen molar-refractivity contribution >= 4 is 50.2 Å². The Kier molecular flexibility index (Phi) is 6.25. The molecule has 156 valence electrons. The normalized spacial score (nSPS) is 10.9. The maximum Gasteiger partial charge on any atom is 0.266 e. The molecule has 0 radical (unpaired) electrons. The van der Waals surface area contributed by atoms with Crippen molar-refractivity contribution in [2.45, 2.75) is 19.0 Å². The summed E-state index contributed by atoms with van der Waals surface area (Å²) in [6.45, 7) is 4.03. The third kappa shape index (κ3) is 4.57. The maximum atomic E-state index is 13.2. The van der Waals surface area contributed by atoms with E-state index in [0.717, 1.165) is 21.3 Å². The Labute approximate surface area is 192 Å². The lowest BCUT2D eigenvalue weighted by molar-refractivity contribution is -0.113. The van der Waals surface area contributed by atoms with Crippen LogP contribution in [0.1, 0.15) is 11.1 Å². The molecule has 1 amide bonds. The minimum absolute atomic E-state index is 0.122. The minimum atomic E-state index is -0.170. The second-order valence-electron chi connectivity index (χ2n) is 7.14. The van der Waals surface area contributed by atoms with Gasteiger partial charge in [0.05, 0.1) is 28.0 Å². The molecule has 0 saturated carbocycles. The van der Waals surface area contributed by atoms with Crippen LogP contribution in [0.4, 0.5) is 5.69 Å². The number of anilines is 1. The standard InChI is InChI=1S/C24H20BrN3O2S/c1-15-12-19(25)21(13-16(15)2)26-22(29)14-31-24-27-20-11-7-6-10-18(20)23(30)28(24)17-8-4-3-5-9-17/h3-13H,14H2,1-2H3,(H,26,29). The average Bonchev–Trinajstić information content (AvgIpc) is 2.77. The number of aromatic nitrogens is 2. The molecule has 0 aliphatic rings. The summed E-state index contributed by atoms with van der Waals surface area (Å²) in [7, 11) is 0. The number of aryl methyl sites for hydroxylation is 2. The molecular formula is C24H20BrN3O2S. The SMILES string of the molecule is Cc1cc(Br)c(NC(=O)CSc2nc3ccccc3c(=O)n2-c2ccccc2)cc1C. The number of carbonyl (C=O) groups is 1. The van der Waals surface area contributed by atoms with E-state index < -0.39 is 0 Å². The van der Waals surface area contributed by atoms with E-state index in [9.17, 15) is 9.59 Å². The van der Waals surface area contributed by atoms with E-state index >= 15 is 0 Å². The van der Waals surface area contributed by atoms with Gasteiger partial charge in [0.1, 0.15) is 0 Å². The van der Waals surface area contributed by atoms with Crippen LogP contribution in [0.25, 0.3) is 16.6 Å². The van der Waals surface area contributed by atoms with Gasteiger partial charge in [-0.2, -0.15) is 0 Å². The lowest BCUT2D eigenvalue weighted by Crippen LogP contribution is -2.23. The molecule has 4 aromatic rings. The Morgan fingerprint density at radius 2 is 1.71 bits per heavy atom. The molecule has 0 spiro atoms. The third-order valence-electron chi connectivity index (χ3n) is 4.95. The quantitative estimate of drug-likeness (QED) is 0.294. The van der Waals surface area contributed by atoms with Crippen LogP contribution in [0, 0.1) is 13.8 Å². The Morgan fingerprint density at radius 1 is 1.03 bits per heavy atom. The second kappa shape index (κ2) is 9.08. The van der Waals surface area contributed by atoms with Gasteiger partial charge < -0.3 is 5.32 Å². The van der Waals surface area contributed by atoms with Gasteiger partial charge in [-0.25, -0.2) is 4.98 Å². The fourth-order valence-corrected chi connectivity index (χ4v) is 4.58. The highest BCUT2D eigenvalue weighted by molar-refractivity contribution is 9.10. The van der Waals surface area contributed by atoms with Crippen molar-refractivity contribution in [2.24, 2.45) is 0 Å². The third-order valence-corrected chi connectivity index (χ3v) is 6.54. The summed E-state index contributed by atoms with van der Waals surface area (Å²) in [5.74, 6) is -0.0484. The number of amides is 1. The van der Waals surface area contributed by atoms with Gasteiger partial charge in [0.25, 0.3) is 5.56 Å². The molecule has 0 aliphatic heterocycles. The van der Waals surface area contributed by atoms with E-state index in [1.807, 2.05) is 74.5 Å². The molecule has 0 fully saturated rings. The molecule has 1 N–H and O–H groups in total. The van der Waals surface area contributed by atoms with Crippen molar-refractivity contribution in [2.75, 3.05) is 11.1 Å². The van der Waals surface area contributed by atoms with Crippen molar-refractivity contribution in [3.05, 3.63) is 92.7 Å². The van der Waals surface area contributed by atoms with Crippen molar-refractivity contribution in [1.29, 1.82) is 0 Å². The Balaban J connectivity index is 1.64. The van der Waals surface area contributed by atoms with Crippen LogP contribution in [0.2, 0.25) is 0 Å². The molecule has 1 heterocycles. The van der Waals surface area contributed by atoms with Crippen molar-refractivity contribution in [3.8, 4) is 5.69 Å². The first kappa shape index (κ1) is 21.3. The topological polar surface area (TPSA) is 64.0 Å². The van der Waals surface area contributed by atoms with Gasteiger partial charge in [0.15, 0.2) is 5.16 Å². The van der Waals surface area contributed by atoms with E-state index in [0.29, 0.717) is 21.7 Å². The highest BCUT2D eigenvalue weighted by Crippen LogP contribution is 2.27. The summed E-state index contributed by atoms with van der Waals surface area (Å²) < 4.78 is 2.39. The van der Waals surface area contributed by atoms with Crippen molar-refractivity contribution in [1.82, 2.24) is 9.55 Å². The summed E-state index contributed by atoms with van der Waals surface area (Å²) in [4.78, 5) is 30.5. The largest absolute Gasteiger partial charge is 0.324 e. The molecule has 31 heavy (non-hydrogen) atoms. The number of nitrogens with zero attached hydrogens (tertiary/aromatic N) is 2. The fourth-order valence-electron chi connectivity index (χ4n) is 3.21. The van der Waals surface area contributed by atoms with Crippen LogP contribution in [0.3, 0.4) is 0 Å². The number of benzene rings is 3. The summed E-state index contributed by atoms with van der Waals surface area (Å²) in [5, 5.41) is 3.95. The number of fused-ring (bicyclic) bond motifs is 1. The predicted octanol–water partition coefficient (Wildman–Crippen LogP) is 5.50. The van der Waals surface area contributed by atoms with Crippen LogP contribution < -0.4 is 10.9 Å². The van der Waals surface area contributed by atoms with Gasteiger partial charge in [-0.05, 0) is 77.3 Å². The van der Waals surface area contributed by atoms with Gasteiger partial charge in [-0.1, -0.05) is 42.1 Å². The zero-order chi connectivity index (χ0) is 22.0. The number of para-hydroxylation sites is 2. The highest BCUT2D eigenvalue weighted by Gasteiger charge is 2.15. The molecular weight excluding hydrogens is 474 g/mol. The van der Waals surface area contributed by atoms with E-state index in [1.54, 1.807) is 10.6 Å². The number of nitrogens with one attached hydrogen (secondary N) is 1. The first-order valence-corrected chi connectivity index (χ1v) is 11.5. The summed E-state index contributed by atoms with van der Waals surface area (Å²) in [6.07, 6.45) is 0. The molecule has 7 heteroatoms. The first-order chi connectivity index (χ1) is 14.9. The Bertz CT molecular complexity index is 1340. The Hall–Kier alpha value is -2.90. The van der Waals surface area contributed by atoms with Crippen LogP contribution in [-0.4, -0.2) is 21.2 Å². The molecule has 0 saturated heterocycles. The maximum absolute atomic E-state index is 13.2. The van der Waals surface area contributed by atoms with Crippen LogP contribution >= 0.6 is 27.7 Å². The number of hydrogen-bond donors (Lipinski definition) is 1. The van der Waals surface area contributed by atoms with E-state index in [-0.39, 0.29) is 17.2 Å². The molecule has 0 atom stereocenters. The smallest absolute Gasteiger partial charge is 0.266 e. The summed E-state index contributed by atoms with van der Waals surface area (Å²) >= 11 is 4.74. The number of thioether (sulfide) groups is 1. The number of hydrogen-bond acceptors (Lipinski definition) is 4. The van der Waals surface area contributed by atoms with E-state index in [4.69, 9.17) is 0 Å². The van der Waals surface area contributed by atoms with Crippen LogP contribution in [0.15, 0.2) is 81.2 Å². The monoisotopic (exact) mass is 493 g/mol. The van der Waals surface area contributed by atoms with Gasteiger partial charge in [-0.3, -0.25) is 14.2 Å². The van der Waals surface area contributed by atoms with Crippen molar-refractivity contribution in [3.63, 3.8) is 0 Å². The Morgan fingerprint density at radius 3 is 2.48 bits per heavy atom. The van der Waals surface area contributed by atoms with Gasteiger partial charge in [0.2, 0.25) is 5.91 Å². The molecule has 0 aliphatic carbocycles. The summed E-state index contributed by atoms with van der Waals surface area (Å²) in [5.41, 5.74) is 4.13. The lowest BCUT2D eigenvalue weighted by Gasteiger charge is -2.14. The van der Waals surface area contributed by atoms with Crippen molar-refractivity contribution < 1.29 is 4.79 Å². The predicted molar refractivity (Wildman–Crippen MR) is 130 cm³/mol. The minimum Gasteiger partial charge on any atom is -0.324 e. The highest BCUT2D eigenvalue weighted by atomic mass is 79.9. The van der Waals surface area contributed by atoms with E-state index in [1.165, 1.54) is 11.8 Å². The molecule has 5 nitrogen and oxygen atoms in total. The average molecular weight is 494 g/mol. The molecule has 4 rings (SSSR count). The molecule has 0 bridgehead atoms. The summed E-state index contributed by atoms with van der Waals surface area (Å²) in [6, 6.07) is 20.5. The zero-order valence-corrected chi connectivity index (χ0v) is 19.5. The number of carbonyl (C=O) groups excluding carboxylic acids is 1. The van der Waals surface area contributed by atoms with Gasteiger partial charge >= 0.3 is 0 Å². The number of rotatable bonds is 5. The van der Waals surface area contributed by atoms with Crippen LogP contribution in [0.5, 0.6) is 0 Å².